The zero-order chi connectivity index (χ0) is 14.8. The molecule has 0 aliphatic heterocycles. The lowest BCUT2D eigenvalue weighted by Gasteiger charge is -2.00. The first-order chi connectivity index (χ1) is 10.1. The highest BCUT2D eigenvalue weighted by Crippen LogP contribution is 2.18. The second-order valence-electron chi connectivity index (χ2n) is 4.38. The lowest BCUT2D eigenvalue weighted by molar-refractivity contribution is 0.628. The zero-order valence-electron chi connectivity index (χ0n) is 11.1. The number of benzene rings is 1. The fraction of sp³-hybridized carbons (Fsp3) is 0.0714. The van der Waals surface area contributed by atoms with Gasteiger partial charge in [0, 0.05) is 5.56 Å². The molecule has 3 rings (SSSR count). The Morgan fingerprint density at radius 2 is 2.10 bits per heavy atom. The molecule has 0 amide bonds. The maximum Gasteiger partial charge on any atom is 0.216 e. The summed E-state index contributed by atoms with van der Waals surface area (Å²) in [6.45, 7) is 2.02. The Morgan fingerprint density at radius 1 is 1.33 bits per heavy atom. The Hall–Kier alpha value is -2.12. The van der Waals surface area contributed by atoms with Crippen molar-refractivity contribution in [1.29, 1.82) is 0 Å². The van der Waals surface area contributed by atoms with Crippen LogP contribution in [0.4, 0.5) is 4.39 Å². The Bertz CT molecular complexity index is 842. The lowest BCUT2D eigenvalue weighted by Crippen LogP contribution is -1.95. The molecule has 21 heavy (non-hydrogen) atoms. The number of rotatable bonds is 3. The van der Waals surface area contributed by atoms with E-state index in [4.69, 9.17) is 12.2 Å². The quantitative estimate of drug-likeness (QED) is 0.586. The summed E-state index contributed by atoms with van der Waals surface area (Å²) in [5.41, 5.74) is 1.89. The molecular formula is C14H11FN4S2. The summed E-state index contributed by atoms with van der Waals surface area (Å²) in [6.07, 6.45) is 1.75. The highest BCUT2D eigenvalue weighted by molar-refractivity contribution is 7.71. The molecule has 0 spiro atoms. The van der Waals surface area contributed by atoms with Gasteiger partial charge in [-0.05, 0) is 60.4 Å². The molecular weight excluding hydrogens is 307 g/mol. The van der Waals surface area contributed by atoms with Gasteiger partial charge in [-0.2, -0.15) is 14.9 Å². The van der Waals surface area contributed by atoms with E-state index in [9.17, 15) is 4.39 Å². The van der Waals surface area contributed by atoms with Gasteiger partial charge in [0.2, 0.25) is 4.77 Å². The van der Waals surface area contributed by atoms with Gasteiger partial charge in [-0.25, -0.2) is 9.49 Å². The minimum atomic E-state index is -0.294. The van der Waals surface area contributed by atoms with Crippen molar-refractivity contribution in [2.45, 2.75) is 6.92 Å². The summed E-state index contributed by atoms with van der Waals surface area (Å²) in [7, 11) is 0. The molecule has 0 bridgehead atoms. The van der Waals surface area contributed by atoms with E-state index in [1.807, 2.05) is 18.4 Å². The molecule has 1 aromatic carbocycles. The smallest absolute Gasteiger partial charge is 0.216 e. The predicted octanol–water partition coefficient (Wildman–Crippen LogP) is 4.00. The fourth-order valence-corrected chi connectivity index (χ4v) is 2.77. The molecule has 7 heteroatoms. The molecule has 4 nitrogen and oxygen atoms in total. The lowest BCUT2D eigenvalue weighted by atomic mass is 10.2. The van der Waals surface area contributed by atoms with Crippen molar-refractivity contribution in [2.75, 3.05) is 0 Å². The van der Waals surface area contributed by atoms with Gasteiger partial charge < -0.3 is 0 Å². The number of halogens is 1. The standard InChI is InChI=1S/C14H11FN4S2/c1-9-6-7-21-12(9)8-16-19-13(17-18-14(19)20)10-2-4-11(15)5-3-10/h2-8H,1H3,(H,18,20)/b16-8-. The van der Waals surface area contributed by atoms with Crippen molar-refractivity contribution in [3.8, 4) is 11.4 Å². The third-order valence-electron chi connectivity index (χ3n) is 2.95. The van der Waals surface area contributed by atoms with Crippen LogP contribution in [0.5, 0.6) is 0 Å². The third-order valence-corrected chi connectivity index (χ3v) is 4.16. The molecule has 106 valence electrons. The van der Waals surface area contributed by atoms with Crippen LogP contribution in [0.15, 0.2) is 40.8 Å². The minimum absolute atomic E-state index is 0.294. The number of hydrogen-bond donors (Lipinski definition) is 1. The van der Waals surface area contributed by atoms with Crippen molar-refractivity contribution >= 4 is 29.8 Å². The van der Waals surface area contributed by atoms with Gasteiger partial charge in [0.05, 0.1) is 11.1 Å². The summed E-state index contributed by atoms with van der Waals surface area (Å²) < 4.78 is 14.9. The van der Waals surface area contributed by atoms with E-state index >= 15 is 0 Å². The Kier molecular flexibility index (Phi) is 3.76. The molecule has 0 aliphatic carbocycles. The van der Waals surface area contributed by atoms with E-state index in [1.54, 1.807) is 29.7 Å². The predicted molar refractivity (Wildman–Crippen MR) is 84.9 cm³/mol. The molecule has 1 N–H and O–H groups in total. The van der Waals surface area contributed by atoms with Crippen molar-refractivity contribution < 1.29 is 4.39 Å². The van der Waals surface area contributed by atoms with E-state index in [-0.39, 0.29) is 5.82 Å². The van der Waals surface area contributed by atoms with E-state index in [0.29, 0.717) is 10.6 Å². The molecule has 2 aromatic heterocycles. The van der Waals surface area contributed by atoms with Crippen molar-refractivity contribution in [3.63, 3.8) is 0 Å². The SMILES string of the molecule is Cc1ccsc1/C=N\n1c(-c2ccc(F)cc2)n[nH]c1=S. The number of H-pyrrole nitrogens is 1. The van der Waals surface area contributed by atoms with Gasteiger partial charge in [0.1, 0.15) is 5.82 Å². The first kappa shape index (κ1) is 13.8. The van der Waals surface area contributed by atoms with Crippen LogP contribution in [0, 0.1) is 17.5 Å². The number of thiophene rings is 1. The number of aromatic amines is 1. The Balaban J connectivity index is 2.02. The fourth-order valence-electron chi connectivity index (χ4n) is 1.81. The summed E-state index contributed by atoms with van der Waals surface area (Å²) in [5, 5.41) is 13.2. The summed E-state index contributed by atoms with van der Waals surface area (Å²) in [6, 6.07) is 8.07. The molecule has 3 aromatic rings. The highest BCUT2D eigenvalue weighted by atomic mass is 32.1. The Morgan fingerprint density at radius 3 is 2.76 bits per heavy atom. The first-order valence-corrected chi connectivity index (χ1v) is 7.46. The van der Waals surface area contributed by atoms with Crippen molar-refractivity contribution in [2.24, 2.45) is 5.10 Å². The van der Waals surface area contributed by atoms with Gasteiger partial charge >= 0.3 is 0 Å². The van der Waals surface area contributed by atoms with E-state index < -0.39 is 0 Å². The van der Waals surface area contributed by atoms with Crippen LogP contribution >= 0.6 is 23.6 Å². The molecule has 0 radical (unpaired) electrons. The van der Waals surface area contributed by atoms with Gasteiger partial charge in [0.15, 0.2) is 5.82 Å². The van der Waals surface area contributed by atoms with E-state index in [2.05, 4.69) is 15.3 Å². The molecule has 0 saturated carbocycles. The molecule has 2 heterocycles. The van der Waals surface area contributed by atoms with E-state index in [0.717, 1.165) is 16.0 Å². The van der Waals surface area contributed by atoms with Gasteiger partial charge in [-0.1, -0.05) is 0 Å². The molecule has 0 fully saturated rings. The van der Waals surface area contributed by atoms with Crippen LogP contribution in [-0.4, -0.2) is 21.1 Å². The van der Waals surface area contributed by atoms with Crippen LogP contribution in [0.1, 0.15) is 10.4 Å². The minimum Gasteiger partial charge on any atom is -0.250 e. The van der Waals surface area contributed by atoms with Gasteiger partial charge in [-0.3, -0.25) is 0 Å². The first-order valence-electron chi connectivity index (χ1n) is 6.17. The summed E-state index contributed by atoms with van der Waals surface area (Å²) >= 11 is 6.79. The van der Waals surface area contributed by atoms with Crippen LogP contribution in [0.3, 0.4) is 0 Å². The number of nitrogens with one attached hydrogen (secondary N) is 1. The van der Waals surface area contributed by atoms with Gasteiger partial charge in [0.25, 0.3) is 0 Å². The number of aromatic nitrogens is 3. The van der Waals surface area contributed by atoms with Crippen LogP contribution < -0.4 is 0 Å². The number of nitrogens with zero attached hydrogens (tertiary/aromatic N) is 3. The Labute approximate surface area is 129 Å². The molecule has 0 saturated heterocycles. The van der Waals surface area contributed by atoms with Gasteiger partial charge in [-0.15, -0.1) is 11.3 Å². The summed E-state index contributed by atoms with van der Waals surface area (Å²) in [4.78, 5) is 1.06. The summed E-state index contributed by atoms with van der Waals surface area (Å²) in [5.74, 6) is 0.252. The number of aryl methyl sites for hydroxylation is 1. The average Bonchev–Trinajstić information content (AvgIpc) is 3.04. The normalized spacial score (nSPS) is 11.3. The van der Waals surface area contributed by atoms with Crippen LogP contribution in [-0.2, 0) is 0 Å². The molecule has 0 unspecified atom stereocenters. The molecule has 0 aliphatic rings. The molecule has 0 atom stereocenters. The topological polar surface area (TPSA) is 46.0 Å². The highest BCUT2D eigenvalue weighted by Gasteiger charge is 2.08. The monoisotopic (exact) mass is 318 g/mol. The largest absolute Gasteiger partial charge is 0.250 e. The van der Waals surface area contributed by atoms with Crippen molar-refractivity contribution in [1.82, 2.24) is 14.9 Å². The zero-order valence-corrected chi connectivity index (χ0v) is 12.7. The maximum atomic E-state index is 13.0. The van der Waals surface area contributed by atoms with Crippen molar-refractivity contribution in [3.05, 3.63) is 56.7 Å². The van der Waals surface area contributed by atoms with Crippen LogP contribution in [0.25, 0.3) is 11.4 Å². The second kappa shape index (κ2) is 5.71. The number of hydrogen-bond acceptors (Lipinski definition) is 4. The van der Waals surface area contributed by atoms with Crippen LogP contribution in [0.2, 0.25) is 0 Å². The third kappa shape index (κ3) is 2.84. The van der Waals surface area contributed by atoms with E-state index in [1.165, 1.54) is 16.8 Å². The maximum absolute atomic E-state index is 13.0. The second-order valence-corrected chi connectivity index (χ2v) is 5.72. The average molecular weight is 318 g/mol.